The zero-order chi connectivity index (χ0) is 17.8. The minimum atomic E-state index is 0.301. The third-order valence-corrected chi connectivity index (χ3v) is 6.99. The predicted molar refractivity (Wildman–Crippen MR) is 110 cm³/mol. The zero-order valence-electron chi connectivity index (χ0n) is 15.8. The molecule has 2 nitrogen and oxygen atoms in total. The maximum absolute atomic E-state index is 12.9. The minimum Gasteiger partial charge on any atom is -0.309 e. The van der Waals surface area contributed by atoms with E-state index in [1.54, 1.807) is 0 Å². The number of amides is 1. The summed E-state index contributed by atoms with van der Waals surface area (Å²) < 4.78 is 0. The lowest BCUT2D eigenvalue weighted by molar-refractivity contribution is -0.119. The summed E-state index contributed by atoms with van der Waals surface area (Å²) in [4.78, 5) is 15.5. The Morgan fingerprint density at radius 3 is 2.76 bits per heavy atom. The van der Waals surface area contributed by atoms with Crippen LogP contribution in [0.1, 0.15) is 76.3 Å². The Labute approximate surface area is 161 Å². The van der Waals surface area contributed by atoms with Crippen LogP contribution >= 0.6 is 15.9 Å². The number of carbonyl (C=O) groups excluding carboxylic acids is 1. The smallest absolute Gasteiger partial charge is 0.227 e. The van der Waals surface area contributed by atoms with E-state index in [-0.39, 0.29) is 0 Å². The van der Waals surface area contributed by atoms with Crippen LogP contribution in [0.4, 0.5) is 5.69 Å². The number of halogens is 1. The second-order valence-electron chi connectivity index (χ2n) is 8.03. The van der Waals surface area contributed by atoms with Gasteiger partial charge in [0.15, 0.2) is 0 Å². The van der Waals surface area contributed by atoms with Gasteiger partial charge in [-0.05, 0) is 55.7 Å². The number of nitrogens with zero attached hydrogens (tertiary/aromatic N) is 1. The molecule has 2 aliphatic rings. The van der Waals surface area contributed by atoms with Gasteiger partial charge in [-0.3, -0.25) is 4.79 Å². The lowest BCUT2D eigenvalue weighted by atomic mass is 9.86. The second kappa shape index (κ2) is 8.70. The standard InChI is InChI=1S/C22H32BrNO/c1-3-20(23)15-18-9-11-21-19(14-18)13-16(2)24(21)22(25)12-10-17-7-5-4-6-8-17/h9,11,14,16-17,20H,3-8,10,12-13,15H2,1-2H3. The number of anilines is 1. The number of rotatable bonds is 6. The molecule has 3 rings (SSSR count). The van der Waals surface area contributed by atoms with Gasteiger partial charge >= 0.3 is 0 Å². The van der Waals surface area contributed by atoms with Crippen LogP contribution in [0.15, 0.2) is 18.2 Å². The van der Waals surface area contributed by atoms with Gasteiger partial charge in [0.2, 0.25) is 5.91 Å². The molecule has 0 saturated heterocycles. The topological polar surface area (TPSA) is 20.3 Å². The van der Waals surface area contributed by atoms with Crippen LogP contribution in [0, 0.1) is 5.92 Å². The molecule has 3 heteroatoms. The summed E-state index contributed by atoms with van der Waals surface area (Å²) in [6.07, 6.45) is 11.8. The second-order valence-corrected chi connectivity index (χ2v) is 9.33. The Hall–Kier alpha value is -0.830. The van der Waals surface area contributed by atoms with Crippen molar-refractivity contribution in [2.75, 3.05) is 4.90 Å². The van der Waals surface area contributed by atoms with Crippen molar-refractivity contribution in [3.63, 3.8) is 0 Å². The van der Waals surface area contributed by atoms with Gasteiger partial charge in [0.05, 0.1) is 0 Å². The van der Waals surface area contributed by atoms with Crippen molar-refractivity contribution in [1.29, 1.82) is 0 Å². The molecule has 1 heterocycles. The molecule has 0 bridgehead atoms. The summed E-state index contributed by atoms with van der Waals surface area (Å²) in [5.41, 5.74) is 3.89. The molecular weight excluding hydrogens is 374 g/mol. The van der Waals surface area contributed by atoms with Gasteiger partial charge in [-0.1, -0.05) is 67.1 Å². The Bertz CT molecular complexity index is 594. The average molecular weight is 406 g/mol. The first kappa shape index (κ1) is 18.9. The fourth-order valence-corrected chi connectivity index (χ4v) is 4.89. The van der Waals surface area contributed by atoms with Crippen molar-refractivity contribution in [3.8, 4) is 0 Å². The Morgan fingerprint density at radius 1 is 1.28 bits per heavy atom. The molecule has 2 unspecified atom stereocenters. The van der Waals surface area contributed by atoms with Crippen LogP contribution in [-0.4, -0.2) is 16.8 Å². The van der Waals surface area contributed by atoms with Gasteiger partial charge in [-0.2, -0.15) is 0 Å². The monoisotopic (exact) mass is 405 g/mol. The molecule has 1 aromatic carbocycles. The first-order chi connectivity index (χ1) is 12.1. The van der Waals surface area contributed by atoms with E-state index in [1.807, 2.05) is 0 Å². The van der Waals surface area contributed by atoms with Gasteiger partial charge in [-0.25, -0.2) is 0 Å². The van der Waals surface area contributed by atoms with Crippen LogP contribution in [-0.2, 0) is 17.6 Å². The summed E-state index contributed by atoms with van der Waals surface area (Å²) >= 11 is 3.73. The molecule has 138 valence electrons. The maximum atomic E-state index is 12.9. The van der Waals surface area contributed by atoms with Crippen molar-refractivity contribution < 1.29 is 4.79 Å². The maximum Gasteiger partial charge on any atom is 0.227 e. The molecule has 0 N–H and O–H groups in total. The lowest BCUT2D eigenvalue weighted by Gasteiger charge is -2.25. The van der Waals surface area contributed by atoms with Gasteiger partial charge in [0.25, 0.3) is 0 Å². The van der Waals surface area contributed by atoms with E-state index >= 15 is 0 Å². The van der Waals surface area contributed by atoms with E-state index in [4.69, 9.17) is 0 Å². The SMILES string of the molecule is CCC(Br)Cc1ccc2c(c1)CC(C)N2C(=O)CCC1CCCCC1. The number of hydrogen-bond donors (Lipinski definition) is 0. The van der Waals surface area contributed by atoms with Crippen LogP contribution < -0.4 is 4.90 Å². The largest absolute Gasteiger partial charge is 0.309 e. The van der Waals surface area contributed by atoms with E-state index < -0.39 is 0 Å². The molecule has 0 radical (unpaired) electrons. The summed E-state index contributed by atoms with van der Waals surface area (Å²) in [6.45, 7) is 4.40. The third kappa shape index (κ3) is 4.67. The molecular formula is C22H32BrNO. The number of hydrogen-bond acceptors (Lipinski definition) is 1. The molecule has 1 aromatic rings. The van der Waals surface area contributed by atoms with Crippen LogP contribution in [0.5, 0.6) is 0 Å². The van der Waals surface area contributed by atoms with E-state index in [9.17, 15) is 4.79 Å². The molecule has 1 saturated carbocycles. The number of carbonyl (C=O) groups is 1. The zero-order valence-corrected chi connectivity index (χ0v) is 17.4. The predicted octanol–water partition coefficient (Wildman–Crippen LogP) is 6.04. The van der Waals surface area contributed by atoms with Crippen molar-refractivity contribution >= 4 is 27.5 Å². The quantitative estimate of drug-likeness (QED) is 0.528. The van der Waals surface area contributed by atoms with Crippen molar-refractivity contribution in [2.24, 2.45) is 5.92 Å². The van der Waals surface area contributed by atoms with Crippen LogP contribution in [0.2, 0.25) is 0 Å². The number of alkyl halides is 1. The van der Waals surface area contributed by atoms with Crippen LogP contribution in [0.25, 0.3) is 0 Å². The molecule has 0 aromatic heterocycles. The van der Waals surface area contributed by atoms with E-state index in [1.165, 1.54) is 43.2 Å². The fraction of sp³-hybridized carbons (Fsp3) is 0.682. The molecule has 1 aliphatic carbocycles. The number of benzene rings is 1. The van der Waals surface area contributed by atoms with E-state index in [0.717, 1.165) is 43.7 Å². The third-order valence-electron chi connectivity index (χ3n) is 6.02. The lowest BCUT2D eigenvalue weighted by Crippen LogP contribution is -2.35. The normalized spacial score (nSPS) is 22.0. The Balaban J connectivity index is 1.64. The van der Waals surface area contributed by atoms with Gasteiger partial charge in [0, 0.05) is 23.0 Å². The Kier molecular flexibility index (Phi) is 6.60. The van der Waals surface area contributed by atoms with Crippen LogP contribution in [0.3, 0.4) is 0 Å². The summed E-state index contributed by atoms with van der Waals surface area (Å²) in [6, 6.07) is 7.02. The Morgan fingerprint density at radius 2 is 2.04 bits per heavy atom. The molecule has 0 spiro atoms. The van der Waals surface area contributed by atoms with Crippen molar-refractivity contribution in [1.82, 2.24) is 0 Å². The van der Waals surface area contributed by atoms with Gasteiger partial charge in [0.1, 0.15) is 0 Å². The molecule has 1 amide bonds. The van der Waals surface area contributed by atoms with Gasteiger partial charge in [-0.15, -0.1) is 0 Å². The van der Waals surface area contributed by atoms with Gasteiger partial charge < -0.3 is 4.90 Å². The van der Waals surface area contributed by atoms with Crippen molar-refractivity contribution in [3.05, 3.63) is 29.3 Å². The summed E-state index contributed by atoms with van der Waals surface area (Å²) in [5.74, 6) is 1.11. The first-order valence-corrected chi connectivity index (χ1v) is 11.1. The molecule has 2 atom stereocenters. The molecule has 1 aliphatic heterocycles. The number of fused-ring (bicyclic) bond motifs is 1. The fourth-order valence-electron chi connectivity index (χ4n) is 4.52. The van der Waals surface area contributed by atoms with E-state index in [0.29, 0.717) is 16.8 Å². The highest BCUT2D eigenvalue weighted by Gasteiger charge is 2.31. The summed E-state index contributed by atoms with van der Waals surface area (Å²) in [7, 11) is 0. The highest BCUT2D eigenvalue weighted by Crippen LogP contribution is 2.35. The molecule has 1 fully saturated rings. The highest BCUT2D eigenvalue weighted by molar-refractivity contribution is 9.09. The van der Waals surface area contributed by atoms with E-state index in [2.05, 4.69) is 52.9 Å². The first-order valence-electron chi connectivity index (χ1n) is 10.2. The average Bonchev–Trinajstić information content (AvgIpc) is 2.95. The highest BCUT2D eigenvalue weighted by atomic mass is 79.9. The van der Waals surface area contributed by atoms with Crippen molar-refractivity contribution in [2.45, 2.75) is 88.9 Å². The molecule has 25 heavy (non-hydrogen) atoms. The minimum absolute atomic E-state index is 0.301. The summed E-state index contributed by atoms with van der Waals surface area (Å²) in [5, 5.41) is 0.